The summed E-state index contributed by atoms with van der Waals surface area (Å²) in [6.45, 7) is 6.65. The van der Waals surface area contributed by atoms with Gasteiger partial charge in [-0.2, -0.15) is 5.26 Å². The SMILES string of the molecule is COc1cc(C(C#N)O[Si](C)(C)C)ccc1OCc1ccccc1. The van der Waals surface area contributed by atoms with Gasteiger partial charge < -0.3 is 13.9 Å². The van der Waals surface area contributed by atoms with Crippen molar-refractivity contribution >= 4 is 8.32 Å². The lowest BCUT2D eigenvalue weighted by Gasteiger charge is -2.22. The summed E-state index contributed by atoms with van der Waals surface area (Å²) in [7, 11) is -0.227. The van der Waals surface area contributed by atoms with Crippen molar-refractivity contribution < 1.29 is 13.9 Å². The van der Waals surface area contributed by atoms with E-state index in [1.165, 1.54) is 0 Å². The number of hydrogen-bond donors (Lipinski definition) is 0. The Morgan fingerprint density at radius 1 is 1.04 bits per heavy atom. The topological polar surface area (TPSA) is 51.5 Å². The summed E-state index contributed by atoms with van der Waals surface area (Å²) in [5, 5.41) is 9.40. The molecule has 0 aliphatic carbocycles. The van der Waals surface area contributed by atoms with Gasteiger partial charge in [0.1, 0.15) is 6.61 Å². The summed E-state index contributed by atoms with van der Waals surface area (Å²) >= 11 is 0. The number of rotatable bonds is 7. The monoisotopic (exact) mass is 341 g/mol. The fourth-order valence-electron chi connectivity index (χ4n) is 2.22. The van der Waals surface area contributed by atoms with Crippen LogP contribution in [-0.4, -0.2) is 15.4 Å². The third-order valence-electron chi connectivity index (χ3n) is 3.32. The van der Waals surface area contributed by atoms with Crippen molar-refractivity contribution in [3.05, 3.63) is 59.7 Å². The molecule has 0 N–H and O–H groups in total. The van der Waals surface area contributed by atoms with Gasteiger partial charge in [-0.1, -0.05) is 36.4 Å². The number of hydrogen-bond acceptors (Lipinski definition) is 4. The Kier molecular flexibility index (Phi) is 6.02. The van der Waals surface area contributed by atoms with Crippen molar-refractivity contribution in [1.82, 2.24) is 0 Å². The predicted molar refractivity (Wildman–Crippen MR) is 96.6 cm³/mol. The van der Waals surface area contributed by atoms with Crippen LogP contribution in [0.2, 0.25) is 19.6 Å². The third kappa shape index (κ3) is 5.12. The van der Waals surface area contributed by atoms with Crippen molar-refractivity contribution in [3.63, 3.8) is 0 Å². The molecule has 0 heterocycles. The highest BCUT2D eigenvalue weighted by atomic mass is 28.4. The number of benzene rings is 2. The van der Waals surface area contributed by atoms with Crippen LogP contribution >= 0.6 is 0 Å². The van der Waals surface area contributed by atoms with E-state index in [4.69, 9.17) is 13.9 Å². The second kappa shape index (κ2) is 8.00. The lowest BCUT2D eigenvalue weighted by molar-refractivity contribution is 0.252. The molecule has 2 aromatic carbocycles. The molecule has 0 saturated heterocycles. The molecule has 0 aliphatic rings. The molecule has 126 valence electrons. The molecule has 4 nitrogen and oxygen atoms in total. The van der Waals surface area contributed by atoms with E-state index in [2.05, 4.69) is 25.7 Å². The van der Waals surface area contributed by atoms with Crippen LogP contribution < -0.4 is 9.47 Å². The molecule has 0 spiro atoms. The molecular formula is C19H23NO3Si. The zero-order valence-corrected chi connectivity index (χ0v) is 15.6. The van der Waals surface area contributed by atoms with E-state index >= 15 is 0 Å². The molecule has 0 aliphatic heterocycles. The lowest BCUT2D eigenvalue weighted by atomic mass is 10.1. The van der Waals surface area contributed by atoms with Crippen molar-refractivity contribution in [1.29, 1.82) is 5.26 Å². The second-order valence-electron chi connectivity index (χ2n) is 6.42. The summed E-state index contributed by atoms with van der Waals surface area (Å²) in [5.74, 6) is 1.25. The standard InChI is InChI=1S/C19H23NO3Si/c1-21-18-12-16(19(13-20)23-24(2,3)4)10-11-17(18)22-14-15-8-6-5-7-9-15/h5-12,19H,14H2,1-4H3. The van der Waals surface area contributed by atoms with E-state index in [0.29, 0.717) is 18.1 Å². The van der Waals surface area contributed by atoms with Crippen molar-refractivity contribution in [3.8, 4) is 17.6 Å². The number of ether oxygens (including phenoxy) is 2. The van der Waals surface area contributed by atoms with E-state index in [-0.39, 0.29) is 0 Å². The summed E-state index contributed by atoms with van der Waals surface area (Å²) < 4.78 is 17.2. The Balaban J connectivity index is 2.16. The quantitative estimate of drug-likeness (QED) is 0.686. The summed E-state index contributed by atoms with van der Waals surface area (Å²) in [6.07, 6.45) is -0.589. The van der Waals surface area contributed by atoms with Crippen LogP contribution in [0.3, 0.4) is 0 Å². The van der Waals surface area contributed by atoms with E-state index in [1.807, 2.05) is 48.5 Å². The average Bonchev–Trinajstić information content (AvgIpc) is 2.58. The van der Waals surface area contributed by atoms with Crippen molar-refractivity contribution in [2.75, 3.05) is 7.11 Å². The number of nitrogens with zero attached hydrogens (tertiary/aromatic N) is 1. The summed E-state index contributed by atoms with van der Waals surface area (Å²) in [5.41, 5.74) is 1.87. The molecule has 0 saturated carbocycles. The molecule has 1 unspecified atom stereocenters. The molecule has 0 bridgehead atoms. The fourth-order valence-corrected chi connectivity index (χ4v) is 3.12. The van der Waals surface area contributed by atoms with Crippen LogP contribution in [-0.2, 0) is 11.0 Å². The maximum atomic E-state index is 9.40. The predicted octanol–water partition coefficient (Wildman–Crippen LogP) is 4.69. The van der Waals surface area contributed by atoms with Gasteiger partial charge in [0, 0.05) is 0 Å². The molecular weight excluding hydrogens is 318 g/mol. The first-order valence-corrected chi connectivity index (χ1v) is 11.3. The van der Waals surface area contributed by atoms with Gasteiger partial charge in [-0.25, -0.2) is 0 Å². The van der Waals surface area contributed by atoms with Gasteiger partial charge in [-0.3, -0.25) is 0 Å². The largest absolute Gasteiger partial charge is 0.493 e. The Morgan fingerprint density at radius 2 is 1.75 bits per heavy atom. The van der Waals surface area contributed by atoms with Crippen LogP contribution in [0.1, 0.15) is 17.2 Å². The van der Waals surface area contributed by atoms with Crippen LogP contribution in [0.25, 0.3) is 0 Å². The summed E-state index contributed by atoms with van der Waals surface area (Å²) in [6, 6.07) is 17.7. The van der Waals surface area contributed by atoms with Gasteiger partial charge in [0.2, 0.25) is 0 Å². The minimum absolute atomic E-state index is 0.462. The van der Waals surface area contributed by atoms with Crippen molar-refractivity contribution in [2.45, 2.75) is 32.4 Å². The highest BCUT2D eigenvalue weighted by molar-refractivity contribution is 6.69. The highest BCUT2D eigenvalue weighted by Gasteiger charge is 2.23. The molecule has 0 amide bonds. The maximum absolute atomic E-state index is 9.40. The zero-order valence-electron chi connectivity index (χ0n) is 14.6. The Hall–Kier alpha value is -2.29. The smallest absolute Gasteiger partial charge is 0.186 e. The fraction of sp³-hybridized carbons (Fsp3) is 0.316. The zero-order chi connectivity index (χ0) is 17.6. The lowest BCUT2D eigenvalue weighted by Crippen LogP contribution is -2.27. The average molecular weight is 341 g/mol. The Bertz CT molecular complexity index is 705. The van der Waals surface area contributed by atoms with E-state index in [9.17, 15) is 5.26 Å². The minimum Gasteiger partial charge on any atom is -0.493 e. The third-order valence-corrected chi connectivity index (χ3v) is 4.26. The van der Waals surface area contributed by atoms with Gasteiger partial charge >= 0.3 is 0 Å². The summed E-state index contributed by atoms with van der Waals surface area (Å²) in [4.78, 5) is 0. The molecule has 0 fully saturated rings. The molecule has 5 heteroatoms. The first-order chi connectivity index (χ1) is 11.4. The number of nitriles is 1. The molecule has 1 atom stereocenters. The first kappa shape index (κ1) is 18.1. The van der Waals surface area contributed by atoms with Gasteiger partial charge in [-0.15, -0.1) is 0 Å². The van der Waals surface area contributed by atoms with Crippen LogP contribution in [0.5, 0.6) is 11.5 Å². The molecule has 0 aromatic heterocycles. The maximum Gasteiger partial charge on any atom is 0.186 e. The van der Waals surface area contributed by atoms with Gasteiger partial charge in [0.05, 0.1) is 13.2 Å². The van der Waals surface area contributed by atoms with Crippen LogP contribution in [0.4, 0.5) is 0 Å². The highest BCUT2D eigenvalue weighted by Crippen LogP contribution is 2.32. The molecule has 0 radical (unpaired) electrons. The van der Waals surface area contributed by atoms with Crippen molar-refractivity contribution in [2.24, 2.45) is 0 Å². The van der Waals surface area contributed by atoms with Gasteiger partial charge in [0.25, 0.3) is 0 Å². The van der Waals surface area contributed by atoms with E-state index in [1.54, 1.807) is 7.11 Å². The minimum atomic E-state index is -1.82. The Labute approximate surface area is 144 Å². The van der Waals surface area contributed by atoms with Gasteiger partial charge in [-0.05, 0) is 42.9 Å². The number of methoxy groups -OCH3 is 1. The first-order valence-electron chi connectivity index (χ1n) is 7.85. The normalized spacial score (nSPS) is 12.3. The van der Waals surface area contributed by atoms with Gasteiger partial charge in [0.15, 0.2) is 25.9 Å². The molecule has 24 heavy (non-hydrogen) atoms. The van der Waals surface area contributed by atoms with Crippen LogP contribution in [0.15, 0.2) is 48.5 Å². The Morgan fingerprint density at radius 3 is 2.33 bits per heavy atom. The molecule has 2 rings (SSSR count). The molecule has 2 aromatic rings. The van der Waals surface area contributed by atoms with E-state index < -0.39 is 14.4 Å². The van der Waals surface area contributed by atoms with Crippen LogP contribution in [0, 0.1) is 11.3 Å². The second-order valence-corrected chi connectivity index (χ2v) is 10.9. The van der Waals surface area contributed by atoms with E-state index in [0.717, 1.165) is 11.1 Å².